The molecule has 0 bridgehead atoms. The number of carbonyl (C=O) groups excluding carboxylic acids is 1. The fourth-order valence-electron chi connectivity index (χ4n) is 2.95. The number of rotatable bonds is 9. The third-order valence-corrected chi connectivity index (χ3v) is 4.63. The summed E-state index contributed by atoms with van der Waals surface area (Å²) >= 11 is 0. The highest BCUT2D eigenvalue weighted by Crippen LogP contribution is 2.23. The van der Waals surface area contributed by atoms with E-state index in [1.165, 1.54) is 30.5 Å². The van der Waals surface area contributed by atoms with Crippen molar-refractivity contribution in [2.45, 2.75) is 25.2 Å². The van der Waals surface area contributed by atoms with Crippen molar-refractivity contribution in [2.75, 3.05) is 18.4 Å². The molecule has 0 saturated carbocycles. The van der Waals surface area contributed by atoms with Crippen LogP contribution in [-0.2, 0) is 6.42 Å². The molecule has 2 aromatic heterocycles. The zero-order chi connectivity index (χ0) is 24.7. The number of aromatic nitrogens is 3. The third kappa shape index (κ3) is 7.15. The molecule has 180 valence electrons. The standard InChI is InChI=1S/C22H19F6N5O/c23-14(11-19-17(25)2-1-8-29-19)7-9-30-20-6-5-18(32-33-20)15-10-13(3-4-16(15)24)21(34)31-12-22(26,27)28/h1-6,8,10,14H,7,9,11-12H2,(H,30,33)(H,31,34)/t14-/m0/s1. The number of carbonyl (C=O) groups is 1. The van der Waals surface area contributed by atoms with Crippen LogP contribution in [0.5, 0.6) is 0 Å². The largest absolute Gasteiger partial charge is 0.405 e. The van der Waals surface area contributed by atoms with E-state index in [4.69, 9.17) is 0 Å². The molecule has 3 aromatic rings. The van der Waals surface area contributed by atoms with Gasteiger partial charge in [-0.1, -0.05) is 0 Å². The molecular formula is C22H19F6N5O. The van der Waals surface area contributed by atoms with E-state index in [1.807, 2.05) is 0 Å². The molecule has 0 aliphatic heterocycles. The Hall–Kier alpha value is -3.70. The van der Waals surface area contributed by atoms with Gasteiger partial charge in [-0.15, -0.1) is 10.2 Å². The van der Waals surface area contributed by atoms with Crippen molar-refractivity contribution in [1.29, 1.82) is 0 Å². The maximum absolute atomic E-state index is 14.2. The number of nitrogens with zero attached hydrogens (tertiary/aromatic N) is 3. The summed E-state index contributed by atoms with van der Waals surface area (Å²) in [7, 11) is 0. The maximum Gasteiger partial charge on any atom is 0.405 e. The third-order valence-electron chi connectivity index (χ3n) is 4.63. The number of hydrogen-bond acceptors (Lipinski definition) is 5. The second-order valence-corrected chi connectivity index (χ2v) is 7.25. The van der Waals surface area contributed by atoms with Crippen LogP contribution in [0.3, 0.4) is 0 Å². The average Bonchev–Trinajstić information content (AvgIpc) is 2.79. The number of amides is 1. The van der Waals surface area contributed by atoms with E-state index >= 15 is 0 Å². The minimum Gasteiger partial charge on any atom is -0.368 e. The summed E-state index contributed by atoms with van der Waals surface area (Å²) in [6.07, 6.45) is -4.67. The van der Waals surface area contributed by atoms with E-state index < -0.39 is 36.4 Å². The molecule has 2 heterocycles. The van der Waals surface area contributed by atoms with Crippen molar-refractivity contribution >= 4 is 11.7 Å². The molecule has 2 N–H and O–H groups in total. The van der Waals surface area contributed by atoms with Gasteiger partial charge in [-0.3, -0.25) is 9.78 Å². The van der Waals surface area contributed by atoms with Crippen LogP contribution in [0.2, 0.25) is 0 Å². The monoisotopic (exact) mass is 483 g/mol. The van der Waals surface area contributed by atoms with Gasteiger partial charge in [-0.05, 0) is 48.9 Å². The normalized spacial score (nSPS) is 12.3. The summed E-state index contributed by atoms with van der Waals surface area (Å²) in [5, 5.41) is 12.3. The topological polar surface area (TPSA) is 79.8 Å². The summed E-state index contributed by atoms with van der Waals surface area (Å²) in [6.45, 7) is -1.36. The van der Waals surface area contributed by atoms with Crippen LogP contribution in [-0.4, -0.2) is 46.5 Å². The number of halogens is 6. The number of nitrogens with one attached hydrogen (secondary N) is 2. The fourth-order valence-corrected chi connectivity index (χ4v) is 2.95. The van der Waals surface area contributed by atoms with Crippen LogP contribution in [0.15, 0.2) is 48.7 Å². The van der Waals surface area contributed by atoms with Gasteiger partial charge in [0.15, 0.2) is 0 Å². The van der Waals surface area contributed by atoms with Gasteiger partial charge in [0.2, 0.25) is 0 Å². The molecule has 0 unspecified atom stereocenters. The average molecular weight is 483 g/mol. The lowest BCUT2D eigenvalue weighted by Crippen LogP contribution is -2.33. The number of anilines is 1. The highest BCUT2D eigenvalue weighted by atomic mass is 19.4. The lowest BCUT2D eigenvalue weighted by atomic mass is 10.1. The lowest BCUT2D eigenvalue weighted by molar-refractivity contribution is -0.123. The molecule has 1 atom stereocenters. The van der Waals surface area contributed by atoms with Gasteiger partial charge >= 0.3 is 6.18 Å². The highest BCUT2D eigenvalue weighted by Gasteiger charge is 2.28. The maximum atomic E-state index is 14.2. The molecule has 3 rings (SSSR count). The first-order valence-electron chi connectivity index (χ1n) is 10.1. The van der Waals surface area contributed by atoms with Crippen molar-refractivity contribution in [3.8, 4) is 11.3 Å². The van der Waals surface area contributed by atoms with Crippen molar-refractivity contribution in [2.24, 2.45) is 0 Å². The van der Waals surface area contributed by atoms with Crippen molar-refractivity contribution < 1.29 is 31.1 Å². The number of hydrogen-bond donors (Lipinski definition) is 2. The van der Waals surface area contributed by atoms with E-state index in [0.29, 0.717) is 0 Å². The fraction of sp³-hybridized carbons (Fsp3) is 0.273. The Balaban J connectivity index is 1.57. The van der Waals surface area contributed by atoms with E-state index in [1.54, 1.807) is 5.32 Å². The van der Waals surface area contributed by atoms with E-state index in [9.17, 15) is 31.1 Å². The lowest BCUT2D eigenvalue weighted by Gasteiger charge is -2.11. The van der Waals surface area contributed by atoms with E-state index in [2.05, 4.69) is 20.5 Å². The van der Waals surface area contributed by atoms with Gasteiger partial charge in [0.1, 0.15) is 30.2 Å². The second-order valence-electron chi connectivity index (χ2n) is 7.25. The predicted octanol–water partition coefficient (Wildman–Crippen LogP) is 4.49. The molecule has 1 aromatic carbocycles. The van der Waals surface area contributed by atoms with Crippen LogP contribution >= 0.6 is 0 Å². The smallest absolute Gasteiger partial charge is 0.368 e. The summed E-state index contributed by atoms with van der Waals surface area (Å²) in [5.41, 5.74) is -0.221. The minimum atomic E-state index is -4.58. The molecule has 1 amide bonds. The molecule has 34 heavy (non-hydrogen) atoms. The Morgan fingerprint density at radius 3 is 2.50 bits per heavy atom. The zero-order valence-electron chi connectivity index (χ0n) is 17.5. The summed E-state index contributed by atoms with van der Waals surface area (Å²) in [6, 6.07) is 8.53. The highest BCUT2D eigenvalue weighted by molar-refractivity contribution is 5.95. The first-order chi connectivity index (χ1) is 16.1. The summed E-state index contributed by atoms with van der Waals surface area (Å²) in [4.78, 5) is 15.7. The Labute approximate surface area is 190 Å². The first-order valence-corrected chi connectivity index (χ1v) is 10.1. The molecule has 0 spiro atoms. The van der Waals surface area contributed by atoms with Gasteiger partial charge in [-0.25, -0.2) is 13.2 Å². The van der Waals surface area contributed by atoms with Gasteiger partial charge < -0.3 is 10.6 Å². The van der Waals surface area contributed by atoms with Crippen molar-refractivity contribution in [3.63, 3.8) is 0 Å². The van der Waals surface area contributed by atoms with Crippen LogP contribution < -0.4 is 10.6 Å². The van der Waals surface area contributed by atoms with Crippen LogP contribution in [0.1, 0.15) is 22.5 Å². The van der Waals surface area contributed by atoms with Crippen LogP contribution in [0.4, 0.5) is 32.2 Å². The summed E-state index contributed by atoms with van der Waals surface area (Å²) < 4.78 is 78.7. The number of alkyl halides is 4. The molecule has 0 fully saturated rings. The number of benzene rings is 1. The van der Waals surface area contributed by atoms with Gasteiger partial charge in [0, 0.05) is 30.3 Å². The van der Waals surface area contributed by atoms with E-state index in [-0.39, 0.29) is 47.7 Å². The SMILES string of the molecule is O=C(NCC(F)(F)F)c1ccc(F)c(-c2ccc(NCC[C@H](F)Cc3ncccc3F)nn2)c1. The Bertz CT molecular complexity index is 1120. The first kappa shape index (κ1) is 24.9. The van der Waals surface area contributed by atoms with Crippen molar-refractivity contribution in [1.82, 2.24) is 20.5 Å². The van der Waals surface area contributed by atoms with Gasteiger partial charge in [0.25, 0.3) is 5.91 Å². The predicted molar refractivity (Wildman–Crippen MR) is 112 cm³/mol. The molecule has 0 radical (unpaired) electrons. The molecule has 0 aliphatic carbocycles. The Morgan fingerprint density at radius 1 is 1.03 bits per heavy atom. The molecular weight excluding hydrogens is 464 g/mol. The second kappa shape index (κ2) is 10.9. The van der Waals surface area contributed by atoms with Gasteiger partial charge in [-0.2, -0.15) is 13.2 Å². The Morgan fingerprint density at radius 2 is 1.82 bits per heavy atom. The molecule has 0 saturated heterocycles. The molecule has 12 heteroatoms. The van der Waals surface area contributed by atoms with Crippen molar-refractivity contribution in [3.05, 3.63) is 71.6 Å². The van der Waals surface area contributed by atoms with Crippen LogP contribution in [0.25, 0.3) is 11.3 Å². The quantitative estimate of drug-likeness (QED) is 0.439. The molecule has 0 aliphatic rings. The minimum absolute atomic E-state index is 0.0375. The Kier molecular flexibility index (Phi) is 8.03. The zero-order valence-corrected chi connectivity index (χ0v) is 17.5. The summed E-state index contributed by atoms with van der Waals surface area (Å²) in [5.74, 6) is -2.08. The number of pyridine rings is 1. The van der Waals surface area contributed by atoms with E-state index in [0.717, 1.165) is 18.2 Å². The van der Waals surface area contributed by atoms with Gasteiger partial charge in [0.05, 0.1) is 11.4 Å². The van der Waals surface area contributed by atoms with Crippen LogP contribution in [0, 0.1) is 11.6 Å². The molecule has 6 nitrogen and oxygen atoms in total.